The van der Waals surface area contributed by atoms with Crippen LogP contribution in [0.3, 0.4) is 0 Å². The van der Waals surface area contributed by atoms with Crippen LogP contribution in [0.25, 0.3) is 0 Å². The lowest BCUT2D eigenvalue weighted by Crippen LogP contribution is -2.48. The Morgan fingerprint density at radius 3 is 2.95 bits per heavy atom. The molecule has 5 nitrogen and oxygen atoms in total. The minimum atomic E-state index is -0.0455. The second-order valence-corrected chi connectivity index (χ2v) is 6.26. The smallest absolute Gasteiger partial charge is 0.317 e. The van der Waals surface area contributed by atoms with Crippen molar-refractivity contribution in [2.75, 3.05) is 31.1 Å². The first kappa shape index (κ1) is 15.2. The molecule has 1 atom stereocenters. The van der Waals surface area contributed by atoms with Gasteiger partial charge in [-0.1, -0.05) is 18.2 Å². The summed E-state index contributed by atoms with van der Waals surface area (Å²) in [7, 11) is 0. The van der Waals surface area contributed by atoms with Crippen molar-refractivity contribution in [2.24, 2.45) is 0 Å². The van der Waals surface area contributed by atoms with Gasteiger partial charge in [-0.2, -0.15) is 0 Å². The van der Waals surface area contributed by atoms with Gasteiger partial charge in [0, 0.05) is 37.4 Å². The van der Waals surface area contributed by atoms with Gasteiger partial charge in [0.05, 0.1) is 6.61 Å². The summed E-state index contributed by atoms with van der Waals surface area (Å²) in [4.78, 5) is 16.4. The van der Waals surface area contributed by atoms with Gasteiger partial charge < -0.3 is 20.2 Å². The van der Waals surface area contributed by atoms with Crippen molar-refractivity contribution in [2.45, 2.75) is 38.3 Å². The molecule has 0 saturated heterocycles. The molecule has 1 unspecified atom stereocenters. The van der Waals surface area contributed by atoms with E-state index in [1.165, 1.54) is 11.3 Å². The van der Waals surface area contributed by atoms with Gasteiger partial charge in [0.2, 0.25) is 0 Å². The fourth-order valence-electron chi connectivity index (χ4n) is 3.21. The summed E-state index contributed by atoms with van der Waals surface area (Å²) in [5.74, 6) is 0. The Labute approximate surface area is 131 Å². The molecule has 1 aromatic carbocycles. The van der Waals surface area contributed by atoms with Gasteiger partial charge >= 0.3 is 6.03 Å². The van der Waals surface area contributed by atoms with E-state index in [0.29, 0.717) is 19.1 Å². The number of para-hydroxylation sites is 1. The van der Waals surface area contributed by atoms with Crippen LogP contribution in [0.5, 0.6) is 0 Å². The van der Waals surface area contributed by atoms with Gasteiger partial charge in [0.15, 0.2) is 0 Å². The molecule has 2 aliphatic rings. The van der Waals surface area contributed by atoms with Crippen molar-refractivity contribution >= 4 is 11.7 Å². The number of rotatable bonds is 6. The van der Waals surface area contributed by atoms with E-state index in [1.807, 2.05) is 0 Å². The number of aliphatic hydroxyl groups excluding tert-OH is 1. The molecule has 0 radical (unpaired) electrons. The van der Waals surface area contributed by atoms with Gasteiger partial charge in [0.25, 0.3) is 0 Å². The van der Waals surface area contributed by atoms with Gasteiger partial charge in [0.1, 0.15) is 0 Å². The predicted molar refractivity (Wildman–Crippen MR) is 87.2 cm³/mol. The van der Waals surface area contributed by atoms with E-state index in [9.17, 15) is 4.79 Å². The summed E-state index contributed by atoms with van der Waals surface area (Å²) in [6.45, 7) is 4.24. The number of aliphatic hydroxyl groups is 1. The van der Waals surface area contributed by atoms with E-state index in [0.717, 1.165) is 25.8 Å². The second kappa shape index (κ2) is 6.57. The molecule has 1 saturated carbocycles. The van der Waals surface area contributed by atoms with Crippen LogP contribution in [-0.2, 0) is 6.42 Å². The number of fused-ring (bicyclic) bond motifs is 1. The van der Waals surface area contributed by atoms with Crippen LogP contribution in [0.1, 0.15) is 25.3 Å². The number of anilines is 1. The number of hydrogen-bond acceptors (Lipinski definition) is 3. The Bertz CT molecular complexity index is 530. The number of nitrogens with zero attached hydrogens (tertiary/aromatic N) is 2. The Morgan fingerprint density at radius 2 is 2.23 bits per heavy atom. The van der Waals surface area contributed by atoms with Crippen LogP contribution in [0.2, 0.25) is 0 Å². The molecule has 1 aromatic rings. The highest BCUT2D eigenvalue weighted by Gasteiger charge is 2.32. The molecular weight excluding hydrogens is 278 g/mol. The Morgan fingerprint density at radius 1 is 1.45 bits per heavy atom. The van der Waals surface area contributed by atoms with Gasteiger partial charge in [-0.25, -0.2) is 4.79 Å². The summed E-state index contributed by atoms with van der Waals surface area (Å²) >= 11 is 0. The molecule has 1 fully saturated rings. The van der Waals surface area contributed by atoms with Crippen molar-refractivity contribution in [1.29, 1.82) is 0 Å². The third kappa shape index (κ3) is 3.19. The molecule has 1 heterocycles. The van der Waals surface area contributed by atoms with Crippen LogP contribution in [0.4, 0.5) is 10.5 Å². The minimum absolute atomic E-state index is 0.0268. The van der Waals surface area contributed by atoms with Crippen LogP contribution < -0.4 is 10.2 Å². The van der Waals surface area contributed by atoms with Crippen molar-refractivity contribution in [3.8, 4) is 0 Å². The molecule has 2 amide bonds. The zero-order chi connectivity index (χ0) is 15.5. The highest BCUT2D eigenvalue weighted by atomic mass is 16.3. The third-order valence-corrected chi connectivity index (χ3v) is 4.59. The summed E-state index contributed by atoms with van der Waals surface area (Å²) in [6.07, 6.45) is 3.19. The number of carbonyl (C=O) groups excluding carboxylic acids is 1. The van der Waals surface area contributed by atoms with Crippen molar-refractivity contribution in [3.05, 3.63) is 29.8 Å². The molecule has 5 heteroatoms. The maximum atomic E-state index is 12.3. The molecular formula is C17H25N3O2. The average Bonchev–Trinajstić information content (AvgIpc) is 3.28. The molecule has 0 spiro atoms. The van der Waals surface area contributed by atoms with Crippen molar-refractivity contribution in [1.82, 2.24) is 10.2 Å². The first-order chi connectivity index (χ1) is 10.7. The summed E-state index contributed by atoms with van der Waals surface area (Å²) in [5, 5.41) is 12.1. The van der Waals surface area contributed by atoms with Crippen LogP contribution in [-0.4, -0.2) is 54.4 Å². The maximum absolute atomic E-state index is 12.3. The summed E-state index contributed by atoms with van der Waals surface area (Å²) in [6, 6.07) is 9.03. The highest BCUT2D eigenvalue weighted by Crippen LogP contribution is 2.29. The molecule has 2 N–H and O–H groups in total. The SMILES string of the molecule is CC(CNC(=O)N(CCO)C1CC1)N1CCc2ccccc21. The van der Waals surface area contributed by atoms with E-state index in [-0.39, 0.29) is 18.7 Å². The zero-order valence-corrected chi connectivity index (χ0v) is 13.2. The number of benzene rings is 1. The quantitative estimate of drug-likeness (QED) is 0.839. The first-order valence-corrected chi connectivity index (χ1v) is 8.20. The van der Waals surface area contributed by atoms with Crippen LogP contribution in [0.15, 0.2) is 24.3 Å². The van der Waals surface area contributed by atoms with E-state index >= 15 is 0 Å². The Kier molecular flexibility index (Phi) is 4.52. The zero-order valence-electron chi connectivity index (χ0n) is 13.2. The molecule has 3 rings (SSSR count). The Hall–Kier alpha value is -1.75. The Balaban J connectivity index is 1.54. The van der Waals surface area contributed by atoms with Crippen LogP contribution in [0, 0.1) is 0 Å². The molecule has 1 aliphatic carbocycles. The fraction of sp³-hybridized carbons (Fsp3) is 0.588. The topological polar surface area (TPSA) is 55.8 Å². The van der Waals surface area contributed by atoms with Gasteiger partial charge in [-0.15, -0.1) is 0 Å². The molecule has 120 valence electrons. The maximum Gasteiger partial charge on any atom is 0.317 e. The number of nitrogens with one attached hydrogen (secondary N) is 1. The third-order valence-electron chi connectivity index (χ3n) is 4.59. The molecule has 22 heavy (non-hydrogen) atoms. The van der Waals surface area contributed by atoms with E-state index in [1.54, 1.807) is 4.90 Å². The number of hydrogen-bond donors (Lipinski definition) is 2. The molecule has 1 aliphatic heterocycles. The summed E-state index contributed by atoms with van der Waals surface area (Å²) < 4.78 is 0. The van der Waals surface area contributed by atoms with E-state index in [4.69, 9.17) is 5.11 Å². The number of amides is 2. The lowest BCUT2D eigenvalue weighted by Gasteiger charge is -2.29. The minimum Gasteiger partial charge on any atom is -0.395 e. The van der Waals surface area contributed by atoms with Crippen molar-refractivity contribution < 1.29 is 9.90 Å². The van der Waals surface area contributed by atoms with Gasteiger partial charge in [-0.3, -0.25) is 0 Å². The molecule has 0 bridgehead atoms. The lowest BCUT2D eigenvalue weighted by atomic mass is 10.2. The monoisotopic (exact) mass is 303 g/mol. The largest absolute Gasteiger partial charge is 0.395 e. The van der Waals surface area contributed by atoms with Gasteiger partial charge in [-0.05, 0) is 37.8 Å². The highest BCUT2D eigenvalue weighted by molar-refractivity contribution is 5.75. The standard InChI is InChI=1S/C17H25N3O2/c1-13(19-9-8-14-4-2-3-5-16(14)19)12-18-17(22)20(10-11-21)15-6-7-15/h2-5,13,15,21H,6-12H2,1H3,(H,18,22). The average molecular weight is 303 g/mol. The first-order valence-electron chi connectivity index (χ1n) is 8.20. The van der Waals surface area contributed by atoms with E-state index in [2.05, 4.69) is 41.4 Å². The normalized spacial score (nSPS) is 18.0. The van der Waals surface area contributed by atoms with Crippen molar-refractivity contribution in [3.63, 3.8) is 0 Å². The predicted octanol–water partition coefficient (Wildman–Crippen LogP) is 1.60. The molecule has 0 aromatic heterocycles. The van der Waals surface area contributed by atoms with E-state index < -0.39 is 0 Å². The number of carbonyl (C=O) groups is 1. The van der Waals surface area contributed by atoms with Crippen LogP contribution >= 0.6 is 0 Å². The lowest BCUT2D eigenvalue weighted by molar-refractivity contribution is 0.173. The number of urea groups is 1. The fourth-order valence-corrected chi connectivity index (χ4v) is 3.21. The second-order valence-electron chi connectivity index (χ2n) is 6.26. The summed E-state index contributed by atoms with van der Waals surface area (Å²) in [5.41, 5.74) is 2.68.